The fraction of sp³-hybridized carbons (Fsp3) is 1.00. The second-order valence-electron chi connectivity index (χ2n) is 8.39. The van der Waals surface area contributed by atoms with Crippen molar-refractivity contribution in [3.05, 3.63) is 0 Å². The van der Waals surface area contributed by atoms with Gasteiger partial charge in [-0.1, -0.05) is 33.5 Å². The smallest absolute Gasteiger partial charge is 0.337 e. The van der Waals surface area contributed by atoms with E-state index in [2.05, 4.69) is 51.1 Å². The second kappa shape index (κ2) is 10.7. The summed E-state index contributed by atoms with van der Waals surface area (Å²) >= 11 is 0. The molecule has 5 nitrogen and oxygen atoms in total. The third-order valence-corrected chi connectivity index (χ3v) is 15.8. The van der Waals surface area contributed by atoms with Crippen LogP contribution in [-0.4, -0.2) is 71.5 Å². The van der Waals surface area contributed by atoms with E-state index in [1.54, 1.807) is 28.4 Å². The molecule has 0 radical (unpaired) electrons. The van der Waals surface area contributed by atoms with Crippen molar-refractivity contribution in [2.75, 3.05) is 41.5 Å². The molecule has 0 heterocycles. The van der Waals surface area contributed by atoms with E-state index in [0.717, 1.165) is 25.9 Å². The summed E-state index contributed by atoms with van der Waals surface area (Å²) in [6, 6.07) is 0. The van der Waals surface area contributed by atoms with Crippen molar-refractivity contribution in [1.29, 1.82) is 0 Å². The van der Waals surface area contributed by atoms with Crippen LogP contribution in [0.25, 0.3) is 0 Å². The van der Waals surface area contributed by atoms with Gasteiger partial charge >= 0.3 is 17.1 Å². The first-order chi connectivity index (χ1) is 11.4. The van der Waals surface area contributed by atoms with Gasteiger partial charge in [0.05, 0.1) is 0 Å². The van der Waals surface area contributed by atoms with E-state index in [1.165, 1.54) is 0 Å². The maximum Gasteiger partial charge on any atom is 0.337 e. The topological polar surface area (TPSA) is 40.2 Å². The molecule has 8 heteroatoms. The number of hydrogen-bond donors (Lipinski definition) is 0. The van der Waals surface area contributed by atoms with Crippen LogP contribution in [0, 0.1) is 0 Å². The average Bonchev–Trinajstić information content (AvgIpc) is 2.58. The second-order valence-corrected chi connectivity index (χ2v) is 21.0. The summed E-state index contributed by atoms with van der Waals surface area (Å²) in [5, 5.41) is 0. The monoisotopic (exact) mass is 409 g/mol. The largest absolute Gasteiger partial charge is 0.398 e. The van der Waals surface area contributed by atoms with Crippen molar-refractivity contribution in [2.24, 2.45) is 0 Å². The van der Waals surface area contributed by atoms with E-state index >= 15 is 0 Å². The van der Waals surface area contributed by atoms with Crippen LogP contribution >= 0.6 is 0 Å². The molecule has 0 rings (SSSR count). The van der Waals surface area contributed by atoms with E-state index < -0.39 is 25.4 Å². The van der Waals surface area contributed by atoms with Gasteiger partial charge in [0.2, 0.25) is 0 Å². The maximum atomic E-state index is 5.72. The highest BCUT2D eigenvalue weighted by Gasteiger charge is 2.38. The zero-order chi connectivity index (χ0) is 19.9. The van der Waals surface area contributed by atoms with Gasteiger partial charge in [-0.05, 0) is 39.0 Å². The molecule has 0 N–H and O–H groups in total. The minimum Gasteiger partial charge on any atom is -0.398 e. The molecular formula is C17H43NO4Si3. The SMILES string of the molecule is CO[Si](C)(OC)C(C)CCN(CCC(C)[Si](C)(OC)OC)[Si](C)(C)C. The molecule has 2 unspecified atom stereocenters. The molecule has 0 saturated carbocycles. The van der Waals surface area contributed by atoms with Crippen LogP contribution in [0.5, 0.6) is 0 Å². The molecule has 152 valence electrons. The summed E-state index contributed by atoms with van der Waals surface area (Å²) in [7, 11) is 1.64. The van der Waals surface area contributed by atoms with Gasteiger partial charge in [-0.25, -0.2) is 0 Å². The zero-order valence-electron chi connectivity index (χ0n) is 18.6. The molecule has 0 aromatic carbocycles. The van der Waals surface area contributed by atoms with E-state index in [4.69, 9.17) is 17.7 Å². The zero-order valence-corrected chi connectivity index (χ0v) is 21.6. The van der Waals surface area contributed by atoms with Crippen molar-refractivity contribution in [1.82, 2.24) is 4.57 Å². The molecule has 0 amide bonds. The number of nitrogens with zero attached hydrogens (tertiary/aromatic N) is 1. The summed E-state index contributed by atoms with van der Waals surface area (Å²) in [4.78, 5) is 0. The molecule has 0 bridgehead atoms. The maximum absolute atomic E-state index is 5.72. The molecule has 0 aliphatic heterocycles. The number of hydrogen-bond acceptors (Lipinski definition) is 5. The van der Waals surface area contributed by atoms with Crippen molar-refractivity contribution in [3.8, 4) is 0 Å². The first-order valence-corrected chi connectivity index (χ1v) is 17.6. The van der Waals surface area contributed by atoms with E-state index in [0.29, 0.717) is 11.1 Å². The van der Waals surface area contributed by atoms with Gasteiger partial charge in [-0.2, -0.15) is 0 Å². The van der Waals surface area contributed by atoms with Gasteiger partial charge < -0.3 is 22.3 Å². The third-order valence-electron chi connectivity index (χ3n) is 6.02. The minimum atomic E-state index is -2.06. The highest BCUT2D eigenvalue weighted by molar-refractivity contribution is 6.73. The molecule has 0 aliphatic carbocycles. The molecule has 25 heavy (non-hydrogen) atoms. The van der Waals surface area contributed by atoms with E-state index in [1.807, 2.05) is 0 Å². The van der Waals surface area contributed by atoms with Crippen molar-refractivity contribution < 1.29 is 17.7 Å². The average molecular weight is 410 g/mol. The van der Waals surface area contributed by atoms with Crippen molar-refractivity contribution in [3.63, 3.8) is 0 Å². The first-order valence-electron chi connectivity index (χ1n) is 9.35. The fourth-order valence-corrected chi connectivity index (χ4v) is 7.83. The third kappa shape index (κ3) is 7.53. The predicted molar refractivity (Wildman–Crippen MR) is 114 cm³/mol. The summed E-state index contributed by atoms with van der Waals surface area (Å²) in [6.07, 6.45) is 2.23. The quantitative estimate of drug-likeness (QED) is 0.421. The number of rotatable bonds is 13. The lowest BCUT2D eigenvalue weighted by Gasteiger charge is -2.38. The van der Waals surface area contributed by atoms with Crippen LogP contribution in [0.4, 0.5) is 0 Å². The van der Waals surface area contributed by atoms with Gasteiger partial charge in [0, 0.05) is 39.5 Å². The summed E-state index contributed by atoms with van der Waals surface area (Å²) < 4.78 is 25.6. The van der Waals surface area contributed by atoms with Crippen molar-refractivity contribution in [2.45, 2.75) is 70.5 Å². The first kappa shape index (κ1) is 25.5. The molecular weight excluding hydrogens is 366 g/mol. The van der Waals surface area contributed by atoms with E-state index in [9.17, 15) is 0 Å². The highest BCUT2D eigenvalue weighted by atomic mass is 28.4. The Balaban J connectivity index is 4.84. The standard InChI is InChI=1S/C17H43NO4Si3/c1-16(24(10,19-3)20-4)12-14-18(23(7,8)9)15-13-17(2)25(11,21-5)22-6/h16-17H,12-15H2,1-11H3. The predicted octanol–water partition coefficient (Wildman–Crippen LogP) is 4.41. The molecule has 0 aromatic rings. The Kier molecular flexibility index (Phi) is 10.9. The summed E-state index contributed by atoms with van der Waals surface area (Å²) in [6.45, 7) is 18.3. The van der Waals surface area contributed by atoms with Crippen LogP contribution in [0.1, 0.15) is 26.7 Å². The van der Waals surface area contributed by atoms with E-state index in [-0.39, 0.29) is 0 Å². The highest BCUT2D eigenvalue weighted by Crippen LogP contribution is 2.29. The van der Waals surface area contributed by atoms with Gasteiger partial charge in [-0.15, -0.1) is 0 Å². The van der Waals surface area contributed by atoms with Gasteiger partial charge in [0.1, 0.15) is 8.24 Å². The molecule has 0 spiro atoms. The Bertz CT molecular complexity index is 343. The molecule has 2 atom stereocenters. The molecule has 0 aliphatic rings. The fourth-order valence-electron chi connectivity index (χ4n) is 2.98. The Hall–Kier alpha value is 0.451. The van der Waals surface area contributed by atoms with Crippen molar-refractivity contribution >= 4 is 25.4 Å². The minimum absolute atomic E-state index is 0.469. The van der Waals surface area contributed by atoms with Crippen LogP contribution < -0.4 is 0 Å². The van der Waals surface area contributed by atoms with Gasteiger partial charge in [0.15, 0.2) is 0 Å². The summed E-state index contributed by atoms with van der Waals surface area (Å²) in [5.74, 6) is 0. The van der Waals surface area contributed by atoms with Crippen LogP contribution in [0.15, 0.2) is 0 Å². The van der Waals surface area contributed by atoms with Gasteiger partial charge in [0.25, 0.3) is 0 Å². The lowest BCUT2D eigenvalue weighted by atomic mass is 10.3. The molecule has 0 aromatic heterocycles. The lowest BCUT2D eigenvalue weighted by molar-refractivity contribution is 0.229. The van der Waals surface area contributed by atoms with Gasteiger partial charge in [-0.3, -0.25) is 0 Å². The molecule has 0 saturated heterocycles. The van der Waals surface area contributed by atoms with Crippen LogP contribution in [-0.2, 0) is 17.7 Å². The lowest BCUT2D eigenvalue weighted by Crippen LogP contribution is -2.50. The van der Waals surface area contributed by atoms with Crippen LogP contribution in [0.2, 0.25) is 43.8 Å². The van der Waals surface area contributed by atoms with Crippen LogP contribution in [0.3, 0.4) is 0 Å². The Morgan fingerprint density at radius 1 is 0.640 bits per heavy atom. The Morgan fingerprint density at radius 3 is 1.12 bits per heavy atom. The normalized spacial score (nSPS) is 16.3. The Labute approximate surface area is 160 Å². The summed E-state index contributed by atoms with van der Waals surface area (Å²) in [5.41, 5.74) is 0.938. The molecule has 0 fully saturated rings. The Morgan fingerprint density at radius 2 is 0.920 bits per heavy atom.